The van der Waals surface area contributed by atoms with Gasteiger partial charge in [0.1, 0.15) is 10.8 Å². The fraction of sp³-hybridized carbons (Fsp3) is 0.182. The minimum absolute atomic E-state index is 0.0616. The van der Waals surface area contributed by atoms with Gasteiger partial charge in [0.25, 0.3) is 0 Å². The van der Waals surface area contributed by atoms with Gasteiger partial charge in [0, 0.05) is 5.56 Å². The van der Waals surface area contributed by atoms with E-state index >= 15 is 0 Å². The number of aliphatic imine (C=N–C) groups is 1. The minimum atomic E-state index is 0.0616. The molecule has 2 rings (SSSR count). The lowest BCUT2D eigenvalue weighted by Gasteiger charge is -2.00. The zero-order chi connectivity index (χ0) is 10.7. The Morgan fingerprint density at radius 3 is 2.73 bits per heavy atom. The summed E-state index contributed by atoms with van der Waals surface area (Å²) in [5.41, 5.74) is 0.708. The first-order chi connectivity index (χ1) is 7.25. The predicted molar refractivity (Wildman–Crippen MR) is 63.4 cm³/mol. The summed E-state index contributed by atoms with van der Waals surface area (Å²) in [6.07, 6.45) is 0.296. The molecule has 1 heterocycles. The highest BCUT2D eigenvalue weighted by Crippen LogP contribution is 2.05. The van der Waals surface area contributed by atoms with Crippen LogP contribution in [0.5, 0.6) is 0 Å². The smallest absolute Gasteiger partial charge is 0.170 e. The summed E-state index contributed by atoms with van der Waals surface area (Å²) in [6.45, 7) is 0.576. The number of carbonyl (C=O) groups is 1. The topological polar surface area (TPSA) is 41.5 Å². The lowest BCUT2D eigenvalue weighted by atomic mass is 10.1. The zero-order valence-corrected chi connectivity index (χ0v) is 8.88. The maximum atomic E-state index is 11.7. The van der Waals surface area contributed by atoms with Gasteiger partial charge in [0.05, 0.1) is 13.0 Å². The summed E-state index contributed by atoms with van der Waals surface area (Å²) in [5.74, 6) is 0.736. The molecule has 15 heavy (non-hydrogen) atoms. The molecule has 0 aromatic heterocycles. The number of rotatable bonds is 3. The predicted octanol–water partition coefficient (Wildman–Crippen LogP) is 1.59. The van der Waals surface area contributed by atoms with Crippen molar-refractivity contribution in [3.63, 3.8) is 0 Å². The molecule has 1 N–H and O–H groups in total. The SMILES string of the molecule is O=C(CC1=NC(=S)CN1)c1ccccc1. The van der Waals surface area contributed by atoms with Crippen LogP contribution in [0.1, 0.15) is 16.8 Å². The highest BCUT2D eigenvalue weighted by atomic mass is 32.1. The van der Waals surface area contributed by atoms with Crippen LogP contribution >= 0.6 is 12.2 Å². The van der Waals surface area contributed by atoms with Crippen molar-refractivity contribution in [2.45, 2.75) is 6.42 Å². The second kappa shape index (κ2) is 4.31. The van der Waals surface area contributed by atoms with Crippen molar-refractivity contribution in [1.82, 2.24) is 5.32 Å². The average molecular weight is 218 g/mol. The van der Waals surface area contributed by atoms with Crippen LogP contribution in [-0.4, -0.2) is 23.2 Å². The van der Waals surface area contributed by atoms with Gasteiger partial charge in [0.15, 0.2) is 5.78 Å². The molecule has 0 fully saturated rings. The normalized spacial score (nSPS) is 14.7. The molecule has 0 radical (unpaired) electrons. The van der Waals surface area contributed by atoms with Gasteiger partial charge < -0.3 is 5.32 Å². The first-order valence-electron chi connectivity index (χ1n) is 4.68. The van der Waals surface area contributed by atoms with Crippen LogP contribution in [0.2, 0.25) is 0 Å². The number of hydrogen-bond acceptors (Lipinski definition) is 3. The Kier molecular flexibility index (Phi) is 2.87. The van der Waals surface area contributed by atoms with Crippen LogP contribution in [0.15, 0.2) is 35.3 Å². The van der Waals surface area contributed by atoms with E-state index in [4.69, 9.17) is 12.2 Å². The molecule has 0 unspecified atom stereocenters. The fourth-order valence-corrected chi connectivity index (χ4v) is 1.57. The first kappa shape index (κ1) is 9.98. The summed E-state index contributed by atoms with van der Waals surface area (Å²) < 4.78 is 0. The molecule has 0 bridgehead atoms. The number of nitrogens with one attached hydrogen (secondary N) is 1. The van der Waals surface area contributed by atoms with E-state index in [1.165, 1.54) is 0 Å². The molecule has 0 aliphatic carbocycles. The Morgan fingerprint density at radius 2 is 2.13 bits per heavy atom. The summed E-state index contributed by atoms with van der Waals surface area (Å²) in [4.78, 5) is 16.4. The van der Waals surface area contributed by atoms with Gasteiger partial charge in [-0.1, -0.05) is 42.5 Å². The van der Waals surface area contributed by atoms with Gasteiger partial charge in [-0.05, 0) is 0 Å². The van der Waals surface area contributed by atoms with Gasteiger partial charge in [-0.2, -0.15) is 0 Å². The number of Topliss-reactive ketones (excluding diaryl/α,β-unsaturated/α-hetero) is 1. The summed E-state index contributed by atoms with van der Waals surface area (Å²) in [6, 6.07) is 9.19. The third kappa shape index (κ3) is 2.47. The largest absolute Gasteiger partial charge is 0.367 e. The fourth-order valence-electron chi connectivity index (χ4n) is 1.39. The van der Waals surface area contributed by atoms with Crippen LogP contribution in [-0.2, 0) is 0 Å². The van der Waals surface area contributed by atoms with Gasteiger partial charge in [-0.3, -0.25) is 4.79 Å². The van der Waals surface area contributed by atoms with Crippen LogP contribution in [0.3, 0.4) is 0 Å². The van der Waals surface area contributed by atoms with Crippen molar-refractivity contribution in [3.05, 3.63) is 35.9 Å². The number of thiocarbonyl (C=S) groups is 1. The van der Waals surface area contributed by atoms with Crippen molar-refractivity contribution >= 4 is 28.8 Å². The Morgan fingerprint density at radius 1 is 1.40 bits per heavy atom. The van der Waals surface area contributed by atoms with Gasteiger partial charge in [-0.15, -0.1) is 0 Å². The number of amidine groups is 1. The summed E-state index contributed by atoms with van der Waals surface area (Å²) in [5, 5.41) is 2.99. The Hall–Kier alpha value is -1.55. The molecule has 1 aromatic rings. The maximum absolute atomic E-state index is 11.7. The number of ketones is 1. The molecule has 0 amide bonds. The van der Waals surface area contributed by atoms with E-state index < -0.39 is 0 Å². The quantitative estimate of drug-likeness (QED) is 0.618. The van der Waals surface area contributed by atoms with Crippen LogP contribution in [0.25, 0.3) is 0 Å². The Bertz CT molecular complexity index is 425. The second-order valence-electron chi connectivity index (χ2n) is 3.27. The van der Waals surface area contributed by atoms with Crippen LogP contribution in [0.4, 0.5) is 0 Å². The molecular weight excluding hydrogens is 208 g/mol. The third-order valence-corrected chi connectivity index (χ3v) is 2.36. The number of carbonyl (C=O) groups excluding carboxylic acids is 1. The number of benzene rings is 1. The molecule has 0 saturated heterocycles. The molecule has 0 spiro atoms. The van der Waals surface area contributed by atoms with Crippen molar-refractivity contribution < 1.29 is 4.79 Å². The van der Waals surface area contributed by atoms with Gasteiger partial charge in [0.2, 0.25) is 0 Å². The van der Waals surface area contributed by atoms with Crippen LogP contribution in [0, 0.1) is 0 Å². The monoisotopic (exact) mass is 218 g/mol. The standard InChI is InChI=1S/C11H10N2OS/c14-9(8-4-2-1-3-5-8)6-10-12-7-11(15)13-10/h1-5H,6-7H2,(H,12,13,15). The molecule has 4 heteroatoms. The highest BCUT2D eigenvalue weighted by Gasteiger charge is 2.14. The maximum Gasteiger partial charge on any atom is 0.170 e. The first-order valence-corrected chi connectivity index (χ1v) is 5.09. The molecule has 76 valence electrons. The van der Waals surface area contributed by atoms with Crippen molar-refractivity contribution in [2.24, 2.45) is 4.99 Å². The van der Waals surface area contributed by atoms with E-state index in [0.29, 0.717) is 29.4 Å². The molecular formula is C11H10N2OS. The van der Waals surface area contributed by atoms with Gasteiger partial charge in [-0.25, -0.2) is 4.99 Å². The van der Waals surface area contributed by atoms with Crippen LogP contribution < -0.4 is 5.32 Å². The average Bonchev–Trinajstić information content (AvgIpc) is 2.65. The van der Waals surface area contributed by atoms with Crippen molar-refractivity contribution in [2.75, 3.05) is 6.54 Å². The zero-order valence-electron chi connectivity index (χ0n) is 8.06. The highest BCUT2D eigenvalue weighted by molar-refractivity contribution is 7.80. The Balaban J connectivity index is 2.05. The molecule has 1 aliphatic rings. The van der Waals surface area contributed by atoms with E-state index in [-0.39, 0.29) is 5.78 Å². The molecule has 3 nitrogen and oxygen atoms in total. The minimum Gasteiger partial charge on any atom is -0.367 e. The molecule has 0 atom stereocenters. The molecule has 1 aromatic carbocycles. The Labute approximate surface area is 93.2 Å². The summed E-state index contributed by atoms with van der Waals surface area (Å²) in [7, 11) is 0. The van der Waals surface area contributed by atoms with E-state index in [1.807, 2.05) is 18.2 Å². The number of hydrogen-bond donors (Lipinski definition) is 1. The van der Waals surface area contributed by atoms with E-state index in [1.54, 1.807) is 12.1 Å². The van der Waals surface area contributed by atoms with E-state index in [2.05, 4.69) is 10.3 Å². The summed E-state index contributed by atoms with van der Waals surface area (Å²) >= 11 is 4.90. The van der Waals surface area contributed by atoms with Crippen molar-refractivity contribution in [1.29, 1.82) is 0 Å². The lowest BCUT2D eigenvalue weighted by molar-refractivity contribution is 0.1000. The third-order valence-electron chi connectivity index (χ3n) is 2.13. The number of nitrogens with zero attached hydrogens (tertiary/aromatic N) is 1. The van der Waals surface area contributed by atoms with Crippen molar-refractivity contribution in [3.8, 4) is 0 Å². The van der Waals surface area contributed by atoms with Gasteiger partial charge >= 0.3 is 0 Å². The molecule has 1 aliphatic heterocycles. The molecule has 0 saturated carbocycles. The second-order valence-corrected chi connectivity index (χ2v) is 3.74. The lowest BCUT2D eigenvalue weighted by Crippen LogP contribution is -2.22. The van der Waals surface area contributed by atoms with E-state index in [9.17, 15) is 4.79 Å². The van der Waals surface area contributed by atoms with E-state index in [0.717, 1.165) is 0 Å².